The lowest BCUT2D eigenvalue weighted by atomic mass is 9.99. The van der Waals surface area contributed by atoms with E-state index < -0.39 is 10.0 Å². The molecule has 0 saturated carbocycles. The van der Waals surface area contributed by atoms with E-state index in [4.69, 9.17) is 0 Å². The molecule has 0 radical (unpaired) electrons. The maximum atomic E-state index is 12.4. The Bertz CT molecular complexity index is 714. The van der Waals surface area contributed by atoms with Crippen LogP contribution in [0.4, 0.5) is 0 Å². The number of benzene rings is 1. The van der Waals surface area contributed by atoms with Crippen LogP contribution in [0.5, 0.6) is 0 Å². The number of sulfonamides is 1. The van der Waals surface area contributed by atoms with Crippen molar-refractivity contribution in [3.8, 4) is 0 Å². The minimum atomic E-state index is -3.24. The van der Waals surface area contributed by atoms with Gasteiger partial charge in [-0.3, -0.25) is 9.69 Å². The van der Waals surface area contributed by atoms with Crippen LogP contribution in [0.3, 0.4) is 0 Å². The number of carbonyl (C=O) groups is 1. The Labute approximate surface area is 150 Å². The Morgan fingerprint density at radius 1 is 1.16 bits per heavy atom. The number of nitrogens with one attached hydrogen (secondary N) is 1. The largest absolute Gasteiger partial charge is 0.354 e. The van der Waals surface area contributed by atoms with Crippen molar-refractivity contribution in [3.05, 3.63) is 35.4 Å². The fourth-order valence-electron chi connectivity index (χ4n) is 3.56. The average Bonchev–Trinajstić information content (AvgIpc) is 3.16. The third-order valence-electron chi connectivity index (χ3n) is 5.21. The molecule has 25 heavy (non-hydrogen) atoms. The summed E-state index contributed by atoms with van der Waals surface area (Å²) >= 11 is 0. The first-order valence-corrected chi connectivity index (χ1v) is 10.6. The van der Waals surface area contributed by atoms with Crippen LogP contribution in [0.25, 0.3) is 0 Å². The molecule has 1 aromatic carbocycles. The highest BCUT2D eigenvalue weighted by Crippen LogP contribution is 2.20. The van der Waals surface area contributed by atoms with Gasteiger partial charge in [-0.25, -0.2) is 12.7 Å². The topological polar surface area (TPSA) is 69.7 Å². The predicted molar refractivity (Wildman–Crippen MR) is 97.6 cm³/mol. The second-order valence-electron chi connectivity index (χ2n) is 6.88. The quantitative estimate of drug-likeness (QED) is 0.816. The van der Waals surface area contributed by atoms with Gasteiger partial charge in [-0.1, -0.05) is 24.3 Å². The smallest absolute Gasteiger partial charge is 0.237 e. The SMILES string of the molecule is CC(C(=O)NCCS(=O)(=O)N1CCCC1)N1CCc2ccccc2C1. The summed E-state index contributed by atoms with van der Waals surface area (Å²) in [5, 5.41) is 2.80. The summed E-state index contributed by atoms with van der Waals surface area (Å²) in [6.07, 6.45) is 2.80. The van der Waals surface area contributed by atoms with E-state index in [2.05, 4.69) is 22.3 Å². The molecule has 1 amide bonds. The molecule has 0 bridgehead atoms. The highest BCUT2D eigenvalue weighted by atomic mass is 32.2. The summed E-state index contributed by atoms with van der Waals surface area (Å²) in [5.41, 5.74) is 2.62. The molecular formula is C18H27N3O3S. The molecule has 0 aromatic heterocycles. The van der Waals surface area contributed by atoms with E-state index in [0.717, 1.165) is 32.4 Å². The van der Waals surface area contributed by atoms with Gasteiger partial charge in [-0.15, -0.1) is 0 Å². The number of hydrogen-bond acceptors (Lipinski definition) is 4. The zero-order valence-electron chi connectivity index (χ0n) is 14.8. The van der Waals surface area contributed by atoms with Crippen LogP contribution < -0.4 is 5.32 Å². The number of nitrogens with zero attached hydrogens (tertiary/aromatic N) is 2. The molecule has 7 heteroatoms. The van der Waals surface area contributed by atoms with Gasteiger partial charge in [0.1, 0.15) is 0 Å². The molecule has 1 aromatic rings. The summed E-state index contributed by atoms with van der Waals surface area (Å²) in [5.74, 6) is -0.120. The van der Waals surface area contributed by atoms with Crippen LogP contribution in [0.15, 0.2) is 24.3 Å². The summed E-state index contributed by atoms with van der Waals surface area (Å²) in [6.45, 7) is 4.89. The van der Waals surface area contributed by atoms with Crippen molar-refractivity contribution in [1.29, 1.82) is 0 Å². The maximum absolute atomic E-state index is 12.4. The molecule has 2 aliphatic heterocycles. The van der Waals surface area contributed by atoms with Gasteiger partial charge in [-0.2, -0.15) is 0 Å². The van der Waals surface area contributed by atoms with Crippen LogP contribution in [0.2, 0.25) is 0 Å². The molecule has 3 rings (SSSR count). The first-order chi connectivity index (χ1) is 12.0. The van der Waals surface area contributed by atoms with Crippen molar-refractivity contribution in [2.24, 2.45) is 0 Å². The minimum absolute atomic E-state index is 0.0196. The van der Waals surface area contributed by atoms with Crippen molar-refractivity contribution >= 4 is 15.9 Å². The second kappa shape index (κ2) is 7.85. The Kier molecular flexibility index (Phi) is 5.76. The zero-order chi connectivity index (χ0) is 17.9. The van der Waals surface area contributed by atoms with Crippen molar-refractivity contribution in [2.45, 2.75) is 38.8 Å². The van der Waals surface area contributed by atoms with E-state index in [1.165, 1.54) is 15.4 Å². The molecule has 0 aliphatic carbocycles. The number of amides is 1. The van der Waals surface area contributed by atoms with E-state index in [9.17, 15) is 13.2 Å². The van der Waals surface area contributed by atoms with Crippen molar-refractivity contribution in [1.82, 2.24) is 14.5 Å². The third kappa shape index (κ3) is 4.40. The zero-order valence-corrected chi connectivity index (χ0v) is 15.6. The van der Waals surface area contributed by atoms with Gasteiger partial charge in [0.25, 0.3) is 0 Å². The summed E-state index contributed by atoms with van der Waals surface area (Å²) < 4.78 is 25.9. The van der Waals surface area contributed by atoms with Crippen molar-refractivity contribution < 1.29 is 13.2 Å². The molecule has 1 unspecified atom stereocenters. The summed E-state index contributed by atoms with van der Waals surface area (Å²) in [7, 11) is -3.24. The van der Waals surface area contributed by atoms with E-state index in [1.807, 2.05) is 19.1 Å². The fraction of sp³-hybridized carbons (Fsp3) is 0.611. The molecule has 1 saturated heterocycles. The second-order valence-corrected chi connectivity index (χ2v) is 8.97. The molecule has 2 aliphatic rings. The normalized spacial score (nSPS) is 20.2. The first kappa shape index (κ1) is 18.4. The van der Waals surface area contributed by atoms with Gasteiger partial charge in [0.2, 0.25) is 15.9 Å². The molecule has 6 nitrogen and oxygen atoms in total. The van der Waals surface area contributed by atoms with E-state index >= 15 is 0 Å². The van der Waals surface area contributed by atoms with Gasteiger partial charge in [-0.05, 0) is 37.3 Å². The molecule has 138 valence electrons. The Hall–Kier alpha value is -1.44. The Morgan fingerprint density at radius 2 is 1.84 bits per heavy atom. The lowest BCUT2D eigenvalue weighted by Crippen LogP contribution is -2.48. The number of rotatable bonds is 6. The van der Waals surface area contributed by atoms with Crippen LogP contribution >= 0.6 is 0 Å². The highest BCUT2D eigenvalue weighted by molar-refractivity contribution is 7.89. The Balaban J connectivity index is 1.48. The number of fused-ring (bicyclic) bond motifs is 1. The van der Waals surface area contributed by atoms with E-state index in [0.29, 0.717) is 13.1 Å². The lowest BCUT2D eigenvalue weighted by molar-refractivity contribution is -0.126. The Morgan fingerprint density at radius 3 is 2.56 bits per heavy atom. The monoisotopic (exact) mass is 365 g/mol. The van der Waals surface area contributed by atoms with Crippen LogP contribution in [-0.2, 0) is 27.8 Å². The van der Waals surface area contributed by atoms with Crippen molar-refractivity contribution in [3.63, 3.8) is 0 Å². The van der Waals surface area contributed by atoms with Gasteiger partial charge in [0, 0.05) is 32.7 Å². The number of hydrogen-bond donors (Lipinski definition) is 1. The van der Waals surface area contributed by atoms with Gasteiger partial charge < -0.3 is 5.32 Å². The van der Waals surface area contributed by atoms with Gasteiger partial charge >= 0.3 is 0 Å². The molecule has 1 N–H and O–H groups in total. The summed E-state index contributed by atoms with van der Waals surface area (Å²) in [6, 6.07) is 8.06. The van der Waals surface area contributed by atoms with Crippen LogP contribution in [0.1, 0.15) is 30.9 Å². The third-order valence-corrected chi connectivity index (χ3v) is 7.08. The molecule has 1 fully saturated rings. The van der Waals surface area contributed by atoms with Crippen LogP contribution in [0, 0.1) is 0 Å². The van der Waals surface area contributed by atoms with Gasteiger partial charge in [0.15, 0.2) is 0 Å². The van der Waals surface area contributed by atoms with Gasteiger partial charge in [0.05, 0.1) is 11.8 Å². The average molecular weight is 365 g/mol. The maximum Gasteiger partial charge on any atom is 0.237 e. The van der Waals surface area contributed by atoms with E-state index in [1.54, 1.807) is 0 Å². The molecular weight excluding hydrogens is 338 g/mol. The molecule has 2 heterocycles. The lowest BCUT2D eigenvalue weighted by Gasteiger charge is -2.32. The molecule has 0 spiro atoms. The number of carbonyl (C=O) groups excluding carboxylic acids is 1. The first-order valence-electron chi connectivity index (χ1n) is 9.04. The predicted octanol–water partition coefficient (Wildman–Crippen LogP) is 0.975. The summed E-state index contributed by atoms with van der Waals surface area (Å²) in [4.78, 5) is 14.5. The van der Waals surface area contributed by atoms with Crippen molar-refractivity contribution in [2.75, 3.05) is 31.9 Å². The molecule has 1 atom stereocenters. The minimum Gasteiger partial charge on any atom is -0.354 e. The fourth-order valence-corrected chi connectivity index (χ4v) is 4.99. The standard InChI is InChI=1S/C18H27N3O3S/c1-15(20-12-8-16-6-2-3-7-17(16)14-20)18(22)19-9-13-25(23,24)21-10-4-5-11-21/h2-3,6-7,15H,4-5,8-14H2,1H3,(H,19,22). The highest BCUT2D eigenvalue weighted by Gasteiger charge is 2.27. The van der Waals surface area contributed by atoms with Crippen LogP contribution in [-0.4, -0.2) is 61.5 Å². The van der Waals surface area contributed by atoms with E-state index in [-0.39, 0.29) is 24.2 Å².